The van der Waals surface area contributed by atoms with Crippen LogP contribution >= 0.6 is 0 Å². The number of carboxylic acids is 1. The standard InChI is InChI=1S/C8H13NO3/c1-5(8(11)12)7-3-9(4-7)6(2)10/h5,7H,3-4H2,1-2H3,(H,11,12). The van der Waals surface area contributed by atoms with Crippen molar-refractivity contribution in [2.24, 2.45) is 11.8 Å². The summed E-state index contributed by atoms with van der Waals surface area (Å²) < 4.78 is 0. The first-order chi connectivity index (χ1) is 5.52. The van der Waals surface area contributed by atoms with E-state index in [0.717, 1.165) is 0 Å². The van der Waals surface area contributed by atoms with Gasteiger partial charge >= 0.3 is 5.97 Å². The lowest BCUT2D eigenvalue weighted by Gasteiger charge is -2.40. The summed E-state index contributed by atoms with van der Waals surface area (Å²) in [5.74, 6) is -0.931. The Bertz CT molecular complexity index is 208. The van der Waals surface area contributed by atoms with Crippen LogP contribution < -0.4 is 0 Å². The van der Waals surface area contributed by atoms with E-state index in [2.05, 4.69) is 0 Å². The largest absolute Gasteiger partial charge is 0.481 e. The summed E-state index contributed by atoms with van der Waals surface area (Å²) in [7, 11) is 0. The number of likely N-dealkylation sites (tertiary alicyclic amines) is 1. The first-order valence-corrected chi connectivity index (χ1v) is 4.00. The van der Waals surface area contributed by atoms with E-state index in [1.165, 1.54) is 6.92 Å². The molecule has 12 heavy (non-hydrogen) atoms. The Morgan fingerprint density at radius 2 is 2.00 bits per heavy atom. The lowest BCUT2D eigenvalue weighted by atomic mass is 9.87. The average Bonchev–Trinajstić information content (AvgIpc) is 1.82. The van der Waals surface area contributed by atoms with Gasteiger partial charge in [-0.1, -0.05) is 6.92 Å². The Balaban J connectivity index is 2.34. The summed E-state index contributed by atoms with van der Waals surface area (Å²) in [6, 6.07) is 0. The number of amides is 1. The van der Waals surface area contributed by atoms with E-state index in [4.69, 9.17) is 5.11 Å². The Kier molecular flexibility index (Phi) is 2.35. The molecule has 1 amide bonds. The van der Waals surface area contributed by atoms with Gasteiger partial charge < -0.3 is 10.0 Å². The SMILES string of the molecule is CC(=O)N1CC(C(C)C(=O)O)C1. The van der Waals surface area contributed by atoms with Crippen LogP contribution in [-0.4, -0.2) is 35.0 Å². The normalized spacial score (nSPS) is 20.0. The van der Waals surface area contributed by atoms with Crippen LogP contribution in [-0.2, 0) is 9.59 Å². The van der Waals surface area contributed by atoms with E-state index in [-0.39, 0.29) is 17.7 Å². The third-order valence-corrected chi connectivity index (χ3v) is 2.45. The van der Waals surface area contributed by atoms with Gasteiger partial charge in [-0.3, -0.25) is 9.59 Å². The molecule has 1 saturated heterocycles. The molecule has 1 rings (SSSR count). The zero-order chi connectivity index (χ0) is 9.30. The first kappa shape index (κ1) is 9.03. The minimum Gasteiger partial charge on any atom is -0.481 e. The Labute approximate surface area is 71.2 Å². The molecule has 4 nitrogen and oxygen atoms in total. The van der Waals surface area contributed by atoms with Crippen LogP contribution in [0, 0.1) is 11.8 Å². The molecule has 0 bridgehead atoms. The summed E-state index contributed by atoms with van der Waals surface area (Å²) in [6.45, 7) is 4.39. The predicted octanol–water partition coefficient (Wildman–Crippen LogP) is 0.185. The molecule has 68 valence electrons. The molecule has 1 aliphatic heterocycles. The zero-order valence-electron chi connectivity index (χ0n) is 7.28. The smallest absolute Gasteiger partial charge is 0.306 e. The fourth-order valence-electron chi connectivity index (χ4n) is 1.29. The van der Waals surface area contributed by atoms with E-state index in [0.29, 0.717) is 13.1 Å². The number of carboxylic acid groups (broad SMARTS) is 1. The number of hydrogen-bond acceptors (Lipinski definition) is 2. The number of rotatable bonds is 2. The number of carbonyl (C=O) groups excluding carboxylic acids is 1. The third kappa shape index (κ3) is 1.57. The van der Waals surface area contributed by atoms with Gasteiger partial charge in [-0.05, 0) is 0 Å². The molecule has 0 aliphatic carbocycles. The second-order valence-electron chi connectivity index (χ2n) is 3.31. The summed E-state index contributed by atoms with van der Waals surface area (Å²) in [5.41, 5.74) is 0. The Hall–Kier alpha value is -1.06. The van der Waals surface area contributed by atoms with Gasteiger partial charge in [0.1, 0.15) is 0 Å². The zero-order valence-corrected chi connectivity index (χ0v) is 7.28. The van der Waals surface area contributed by atoms with Gasteiger partial charge in [0.2, 0.25) is 5.91 Å². The fraction of sp³-hybridized carbons (Fsp3) is 0.750. The Morgan fingerprint density at radius 1 is 1.50 bits per heavy atom. The van der Waals surface area contributed by atoms with E-state index >= 15 is 0 Å². The van der Waals surface area contributed by atoms with Crippen LogP contribution in [0.15, 0.2) is 0 Å². The summed E-state index contributed by atoms with van der Waals surface area (Å²) in [6.07, 6.45) is 0. The molecule has 1 aliphatic rings. The van der Waals surface area contributed by atoms with Gasteiger partial charge in [0.25, 0.3) is 0 Å². The van der Waals surface area contributed by atoms with Crippen molar-refractivity contribution < 1.29 is 14.7 Å². The minimum absolute atomic E-state index is 0.0313. The summed E-state index contributed by atoms with van der Waals surface area (Å²) in [4.78, 5) is 22.9. The third-order valence-electron chi connectivity index (χ3n) is 2.45. The molecule has 0 radical (unpaired) electrons. The molecule has 1 heterocycles. The van der Waals surface area contributed by atoms with Crippen molar-refractivity contribution in [3.63, 3.8) is 0 Å². The van der Waals surface area contributed by atoms with Crippen LogP contribution in [0.2, 0.25) is 0 Å². The fourth-order valence-corrected chi connectivity index (χ4v) is 1.29. The van der Waals surface area contributed by atoms with Crippen LogP contribution in [0.4, 0.5) is 0 Å². The van der Waals surface area contributed by atoms with Crippen molar-refractivity contribution >= 4 is 11.9 Å². The minimum atomic E-state index is -0.775. The van der Waals surface area contributed by atoms with E-state index in [1.807, 2.05) is 0 Å². The molecule has 0 aromatic rings. The van der Waals surface area contributed by atoms with Crippen molar-refractivity contribution in [3.05, 3.63) is 0 Å². The number of carbonyl (C=O) groups is 2. The highest BCUT2D eigenvalue weighted by Crippen LogP contribution is 2.23. The predicted molar refractivity (Wildman–Crippen MR) is 42.5 cm³/mol. The van der Waals surface area contributed by atoms with E-state index < -0.39 is 5.97 Å². The van der Waals surface area contributed by atoms with Crippen LogP contribution in [0.5, 0.6) is 0 Å². The second kappa shape index (κ2) is 3.13. The summed E-state index contributed by atoms with van der Waals surface area (Å²) in [5, 5.41) is 8.64. The molecule has 1 unspecified atom stereocenters. The summed E-state index contributed by atoms with van der Waals surface area (Å²) >= 11 is 0. The second-order valence-corrected chi connectivity index (χ2v) is 3.31. The molecule has 4 heteroatoms. The molecule has 0 aromatic carbocycles. The average molecular weight is 171 g/mol. The van der Waals surface area contributed by atoms with Crippen molar-refractivity contribution in [1.29, 1.82) is 0 Å². The maximum absolute atomic E-state index is 10.7. The Morgan fingerprint density at radius 3 is 2.33 bits per heavy atom. The van der Waals surface area contributed by atoms with Crippen molar-refractivity contribution in [3.8, 4) is 0 Å². The van der Waals surface area contributed by atoms with Gasteiger partial charge in [-0.2, -0.15) is 0 Å². The van der Waals surface area contributed by atoms with Crippen molar-refractivity contribution in [2.45, 2.75) is 13.8 Å². The first-order valence-electron chi connectivity index (χ1n) is 4.00. The van der Waals surface area contributed by atoms with Crippen molar-refractivity contribution in [2.75, 3.05) is 13.1 Å². The number of nitrogens with zero attached hydrogens (tertiary/aromatic N) is 1. The van der Waals surface area contributed by atoms with Crippen LogP contribution in [0.25, 0.3) is 0 Å². The van der Waals surface area contributed by atoms with Gasteiger partial charge in [0.15, 0.2) is 0 Å². The maximum atomic E-state index is 10.7. The molecule has 0 saturated carbocycles. The van der Waals surface area contributed by atoms with E-state index in [9.17, 15) is 9.59 Å². The lowest BCUT2D eigenvalue weighted by Crippen LogP contribution is -2.52. The highest BCUT2D eigenvalue weighted by atomic mass is 16.4. The van der Waals surface area contributed by atoms with E-state index in [1.54, 1.807) is 11.8 Å². The highest BCUT2D eigenvalue weighted by Gasteiger charge is 2.35. The molecule has 1 atom stereocenters. The molecule has 1 fully saturated rings. The topological polar surface area (TPSA) is 57.6 Å². The molecule has 1 N–H and O–H groups in total. The molecule has 0 spiro atoms. The quantitative estimate of drug-likeness (QED) is 0.645. The lowest BCUT2D eigenvalue weighted by molar-refractivity contribution is -0.149. The van der Waals surface area contributed by atoms with Gasteiger partial charge in [0, 0.05) is 25.9 Å². The molecular formula is C8H13NO3. The van der Waals surface area contributed by atoms with Gasteiger partial charge in [-0.15, -0.1) is 0 Å². The molecule has 0 aromatic heterocycles. The monoisotopic (exact) mass is 171 g/mol. The van der Waals surface area contributed by atoms with Gasteiger partial charge in [-0.25, -0.2) is 0 Å². The molecular weight excluding hydrogens is 158 g/mol. The number of hydrogen-bond donors (Lipinski definition) is 1. The number of aliphatic carboxylic acids is 1. The van der Waals surface area contributed by atoms with Crippen LogP contribution in [0.1, 0.15) is 13.8 Å². The highest BCUT2D eigenvalue weighted by molar-refractivity contribution is 5.75. The van der Waals surface area contributed by atoms with Gasteiger partial charge in [0.05, 0.1) is 5.92 Å². The van der Waals surface area contributed by atoms with Crippen molar-refractivity contribution in [1.82, 2.24) is 4.90 Å². The maximum Gasteiger partial charge on any atom is 0.306 e. The van der Waals surface area contributed by atoms with Crippen LogP contribution in [0.3, 0.4) is 0 Å².